The van der Waals surface area contributed by atoms with Crippen molar-refractivity contribution in [3.8, 4) is 22.4 Å². The molecule has 0 amide bonds. The van der Waals surface area contributed by atoms with Gasteiger partial charge in [0.15, 0.2) is 6.20 Å². The van der Waals surface area contributed by atoms with Crippen LogP contribution in [0.2, 0.25) is 0 Å². The highest BCUT2D eigenvalue weighted by Crippen LogP contribution is 2.38. The van der Waals surface area contributed by atoms with E-state index in [9.17, 15) is 13.2 Å². The summed E-state index contributed by atoms with van der Waals surface area (Å²) in [6.07, 6.45) is -7.79. The summed E-state index contributed by atoms with van der Waals surface area (Å²) in [6.45, 7) is -3.87. The van der Waals surface area contributed by atoms with Gasteiger partial charge in [0.2, 0.25) is 5.69 Å². The number of aryl methyl sites for hydroxylation is 4. The second kappa shape index (κ2) is 8.01. The third-order valence-corrected chi connectivity index (χ3v) is 5.88. The normalized spacial score (nSPS) is 16.7. The summed E-state index contributed by atoms with van der Waals surface area (Å²) in [5.74, 6) is 0. The molecule has 0 aliphatic heterocycles. The zero-order valence-electron chi connectivity index (χ0n) is 26.3. The largest absolute Gasteiger partial charge is 0.455 e. The number of nitrogens with zero attached hydrogens (tertiary/aromatic N) is 1. The lowest BCUT2D eigenvalue weighted by molar-refractivity contribution is -0.660. The van der Waals surface area contributed by atoms with Crippen molar-refractivity contribution >= 4 is 21.9 Å². The number of hydrogen-bond donors (Lipinski definition) is 0. The van der Waals surface area contributed by atoms with Crippen molar-refractivity contribution < 1.29 is 33.1 Å². The van der Waals surface area contributed by atoms with Gasteiger partial charge in [-0.1, -0.05) is 48.5 Å². The first-order chi connectivity index (χ1) is 19.3. The molecule has 3 aromatic carbocycles. The minimum Gasteiger partial charge on any atom is -0.455 e. The van der Waals surface area contributed by atoms with E-state index in [-0.39, 0.29) is 16.7 Å². The van der Waals surface area contributed by atoms with E-state index >= 15 is 0 Å². The SMILES string of the molecule is [2H]C([2H])([2H])c1cc(C([2H])([2H])C(F)(F)F)ccc1-c1cc(-c2c(C)ccc3c2oc2ccccc23)[n+](C)cc1C([2H])([2H])[2H]. The number of hydrogen-bond acceptors (Lipinski definition) is 1. The Labute approximate surface area is 207 Å². The van der Waals surface area contributed by atoms with E-state index < -0.39 is 37.4 Å². The lowest BCUT2D eigenvalue weighted by Crippen LogP contribution is -2.31. The van der Waals surface area contributed by atoms with Gasteiger partial charge in [0.05, 0.1) is 11.9 Å². The molecule has 2 nitrogen and oxygen atoms in total. The standard InChI is InChI=1S/C29H25F3NO/c1-17-9-11-23-22-7-5-6-8-26(22)34-28(23)27(17)25-14-24(19(3)16-33(25)4)21-12-10-20(13-18(21)2)15-29(30,31)32/h5-14,16H,15H2,1-4H3/q+1/i2D3,3D3,15D2. The second-order valence-electron chi connectivity index (χ2n) is 8.21. The van der Waals surface area contributed by atoms with Crippen molar-refractivity contribution in [2.24, 2.45) is 7.05 Å². The Hall–Kier alpha value is -3.60. The van der Waals surface area contributed by atoms with E-state index in [1.54, 1.807) is 11.6 Å². The summed E-state index contributed by atoms with van der Waals surface area (Å²) >= 11 is 0. The molecule has 0 fully saturated rings. The van der Waals surface area contributed by atoms with Crippen molar-refractivity contribution in [1.82, 2.24) is 0 Å². The van der Waals surface area contributed by atoms with E-state index in [1.807, 2.05) is 43.3 Å². The number of furan rings is 1. The van der Waals surface area contributed by atoms with Gasteiger partial charge in [-0.3, -0.25) is 0 Å². The van der Waals surface area contributed by atoms with Gasteiger partial charge in [-0.15, -0.1) is 0 Å². The molecular weight excluding hydrogens is 435 g/mol. The molecule has 172 valence electrons. The molecule has 34 heavy (non-hydrogen) atoms. The van der Waals surface area contributed by atoms with Gasteiger partial charge in [0.25, 0.3) is 0 Å². The third-order valence-electron chi connectivity index (χ3n) is 5.88. The Bertz CT molecular complexity index is 1850. The van der Waals surface area contributed by atoms with Crippen molar-refractivity contribution in [2.75, 3.05) is 0 Å². The molecule has 0 N–H and O–H groups in total. The maximum atomic E-state index is 13.5. The van der Waals surface area contributed by atoms with Crippen LogP contribution in [0.4, 0.5) is 13.2 Å². The number of halogens is 3. The first-order valence-corrected chi connectivity index (χ1v) is 10.5. The molecule has 5 aromatic rings. The molecule has 0 bridgehead atoms. The molecule has 5 heteroatoms. The van der Waals surface area contributed by atoms with Gasteiger partial charge < -0.3 is 4.42 Å². The van der Waals surface area contributed by atoms with Crippen LogP contribution >= 0.6 is 0 Å². The monoisotopic (exact) mass is 468 g/mol. The van der Waals surface area contributed by atoms with Crippen molar-refractivity contribution in [2.45, 2.75) is 33.2 Å². The van der Waals surface area contributed by atoms with E-state index in [0.29, 0.717) is 28.5 Å². The molecule has 0 aliphatic carbocycles. The zero-order valence-corrected chi connectivity index (χ0v) is 18.3. The van der Waals surface area contributed by atoms with Crippen LogP contribution in [-0.4, -0.2) is 6.18 Å². The fraction of sp³-hybridized carbons (Fsp3) is 0.207. The molecule has 0 unspecified atom stereocenters. The van der Waals surface area contributed by atoms with Crippen LogP contribution in [0.1, 0.15) is 33.2 Å². The van der Waals surface area contributed by atoms with E-state index in [1.165, 1.54) is 12.3 Å². The van der Waals surface area contributed by atoms with Crippen LogP contribution in [0.5, 0.6) is 0 Å². The zero-order chi connectivity index (χ0) is 31.0. The predicted octanol–water partition coefficient (Wildman–Crippen LogP) is 7.77. The van der Waals surface area contributed by atoms with E-state index in [0.717, 1.165) is 28.5 Å². The Morgan fingerprint density at radius 3 is 2.47 bits per heavy atom. The maximum absolute atomic E-state index is 13.5. The number of rotatable bonds is 3. The molecule has 0 atom stereocenters. The highest BCUT2D eigenvalue weighted by Gasteiger charge is 2.28. The number of pyridine rings is 1. The van der Waals surface area contributed by atoms with Crippen molar-refractivity contribution in [3.63, 3.8) is 0 Å². The predicted molar refractivity (Wildman–Crippen MR) is 130 cm³/mol. The molecule has 0 aliphatic rings. The molecule has 0 spiro atoms. The van der Waals surface area contributed by atoms with Crippen molar-refractivity contribution in [3.05, 3.63) is 89.1 Å². The Morgan fingerprint density at radius 1 is 0.912 bits per heavy atom. The van der Waals surface area contributed by atoms with Gasteiger partial charge in [-0.05, 0) is 54.5 Å². The average Bonchev–Trinajstić information content (AvgIpc) is 3.25. The van der Waals surface area contributed by atoms with E-state index in [2.05, 4.69) is 0 Å². The van der Waals surface area contributed by atoms with Gasteiger partial charge in [-0.2, -0.15) is 13.2 Å². The Balaban J connectivity index is 1.85. The van der Waals surface area contributed by atoms with Crippen LogP contribution in [0, 0.1) is 20.6 Å². The summed E-state index contributed by atoms with van der Waals surface area (Å²) < 4.78 is 112. The summed E-state index contributed by atoms with van der Waals surface area (Å²) in [6, 6.07) is 15.3. The third kappa shape index (κ3) is 3.85. The summed E-state index contributed by atoms with van der Waals surface area (Å²) in [5.41, 5.74) is 1.18. The van der Waals surface area contributed by atoms with E-state index in [4.69, 9.17) is 15.4 Å². The lowest BCUT2D eigenvalue weighted by Gasteiger charge is -2.14. The maximum Gasteiger partial charge on any atom is 0.393 e. The van der Waals surface area contributed by atoms with Crippen LogP contribution in [-0.2, 0) is 13.4 Å². The molecule has 0 saturated heterocycles. The summed E-state index contributed by atoms with van der Waals surface area (Å²) in [5, 5.41) is 1.68. The molecule has 0 radical (unpaired) electrons. The van der Waals surface area contributed by atoms with Gasteiger partial charge in [0, 0.05) is 33.4 Å². The quantitative estimate of drug-likeness (QED) is 0.247. The number of para-hydroxylation sites is 1. The molecule has 0 saturated carbocycles. The first-order valence-electron chi connectivity index (χ1n) is 14.5. The molecular formula is C29H25F3NO+. The van der Waals surface area contributed by atoms with Gasteiger partial charge >= 0.3 is 6.18 Å². The summed E-state index contributed by atoms with van der Waals surface area (Å²) in [7, 11) is 1.64. The van der Waals surface area contributed by atoms with Crippen molar-refractivity contribution in [1.29, 1.82) is 0 Å². The molecule has 2 heterocycles. The van der Waals surface area contributed by atoms with Crippen LogP contribution < -0.4 is 4.57 Å². The van der Waals surface area contributed by atoms with Gasteiger partial charge in [-0.25, -0.2) is 4.57 Å². The summed E-state index contributed by atoms with van der Waals surface area (Å²) in [4.78, 5) is 0. The average molecular weight is 469 g/mol. The van der Waals surface area contributed by atoms with Gasteiger partial charge in [0.1, 0.15) is 18.2 Å². The Kier molecular flexibility index (Phi) is 3.44. The number of aromatic nitrogens is 1. The molecule has 2 aromatic heterocycles. The minimum atomic E-state index is -5.30. The number of fused-ring (bicyclic) bond motifs is 3. The highest BCUT2D eigenvalue weighted by atomic mass is 19.4. The fourth-order valence-electron chi connectivity index (χ4n) is 4.35. The first kappa shape index (κ1) is 14.6. The lowest BCUT2D eigenvalue weighted by atomic mass is 9.92. The topological polar surface area (TPSA) is 17.0 Å². The van der Waals surface area contributed by atoms with Crippen LogP contribution in [0.25, 0.3) is 44.3 Å². The molecule has 5 rings (SSSR count). The number of benzene rings is 3. The minimum absolute atomic E-state index is 0.0270. The van der Waals surface area contributed by atoms with Crippen LogP contribution in [0.3, 0.4) is 0 Å². The number of alkyl halides is 3. The van der Waals surface area contributed by atoms with Crippen LogP contribution in [0.15, 0.2) is 71.3 Å². The smallest absolute Gasteiger partial charge is 0.393 e. The second-order valence-corrected chi connectivity index (χ2v) is 8.21. The highest BCUT2D eigenvalue weighted by molar-refractivity contribution is 6.09. The Morgan fingerprint density at radius 2 is 1.71 bits per heavy atom. The fourth-order valence-corrected chi connectivity index (χ4v) is 4.35.